The number of nitrogens with zero attached hydrogens (tertiary/aromatic N) is 2. The molecule has 1 aliphatic heterocycles. The number of nitrogens with two attached hydrogens (primary N) is 1. The zero-order valence-corrected chi connectivity index (χ0v) is 13.6. The zero-order chi connectivity index (χ0) is 16.4. The number of hydrogen-bond acceptors (Lipinski definition) is 4. The molecule has 1 aliphatic rings. The summed E-state index contributed by atoms with van der Waals surface area (Å²) in [6.45, 7) is 1.74. The van der Waals surface area contributed by atoms with Gasteiger partial charge in [0.1, 0.15) is 6.04 Å². The molecule has 1 unspecified atom stereocenters. The van der Waals surface area contributed by atoms with E-state index in [9.17, 15) is 4.79 Å². The van der Waals surface area contributed by atoms with Crippen molar-refractivity contribution in [1.82, 2.24) is 15.1 Å². The summed E-state index contributed by atoms with van der Waals surface area (Å²) >= 11 is 5.89. The number of amides is 1. The Morgan fingerprint density at radius 2 is 2.22 bits per heavy atom. The van der Waals surface area contributed by atoms with Crippen LogP contribution in [0.5, 0.6) is 0 Å². The van der Waals surface area contributed by atoms with Gasteiger partial charge in [0.2, 0.25) is 5.91 Å². The Kier molecular flexibility index (Phi) is 4.66. The Labute approximate surface area is 139 Å². The van der Waals surface area contributed by atoms with Crippen molar-refractivity contribution >= 4 is 17.5 Å². The van der Waals surface area contributed by atoms with Gasteiger partial charge in [-0.05, 0) is 17.7 Å². The monoisotopic (exact) mass is 334 g/mol. The summed E-state index contributed by atoms with van der Waals surface area (Å²) in [5, 5.41) is 8.36. The molecule has 6 nitrogen and oxygen atoms in total. The molecule has 0 spiro atoms. The number of fused-ring (bicyclic) bond motifs is 1. The Morgan fingerprint density at radius 1 is 1.48 bits per heavy atom. The number of carbonyl (C=O) groups excluding carboxylic acids is 1. The van der Waals surface area contributed by atoms with Crippen molar-refractivity contribution in [2.45, 2.75) is 25.6 Å². The van der Waals surface area contributed by atoms with Crippen molar-refractivity contribution in [3.8, 4) is 0 Å². The average Bonchev–Trinajstić information content (AvgIpc) is 2.85. The summed E-state index contributed by atoms with van der Waals surface area (Å²) in [5.41, 5.74) is 9.51. The van der Waals surface area contributed by atoms with Crippen LogP contribution in [0.4, 0.5) is 0 Å². The van der Waals surface area contributed by atoms with E-state index in [4.69, 9.17) is 22.1 Å². The molecule has 23 heavy (non-hydrogen) atoms. The molecule has 3 rings (SSSR count). The lowest BCUT2D eigenvalue weighted by Crippen LogP contribution is -2.34. The Morgan fingerprint density at radius 3 is 2.91 bits per heavy atom. The van der Waals surface area contributed by atoms with Gasteiger partial charge in [-0.25, -0.2) is 0 Å². The molecule has 0 radical (unpaired) electrons. The van der Waals surface area contributed by atoms with E-state index in [1.54, 1.807) is 24.3 Å². The molecule has 0 saturated heterocycles. The number of rotatable bonds is 5. The van der Waals surface area contributed by atoms with Gasteiger partial charge in [0, 0.05) is 30.6 Å². The van der Waals surface area contributed by atoms with Crippen LogP contribution in [0.25, 0.3) is 0 Å². The lowest BCUT2D eigenvalue weighted by Gasteiger charge is -2.18. The minimum absolute atomic E-state index is 0.431. The molecule has 3 N–H and O–H groups in total. The van der Waals surface area contributed by atoms with E-state index < -0.39 is 11.9 Å². The van der Waals surface area contributed by atoms with Crippen molar-refractivity contribution in [2.24, 2.45) is 12.8 Å². The fraction of sp³-hybridized carbons (Fsp3) is 0.375. The van der Waals surface area contributed by atoms with Crippen molar-refractivity contribution in [1.29, 1.82) is 0 Å². The SMILES string of the molecule is Cn1nc2c(c1CNC(C(N)=O)c1ccc(Cl)cc1)COCC2. The van der Waals surface area contributed by atoms with Crippen LogP contribution in [0.1, 0.15) is 28.6 Å². The molecule has 122 valence electrons. The Hall–Kier alpha value is -1.89. The van der Waals surface area contributed by atoms with Crippen LogP contribution < -0.4 is 11.1 Å². The van der Waals surface area contributed by atoms with Crippen LogP contribution in [0, 0.1) is 0 Å². The number of aromatic nitrogens is 2. The van der Waals surface area contributed by atoms with Gasteiger partial charge >= 0.3 is 0 Å². The van der Waals surface area contributed by atoms with E-state index in [1.165, 1.54) is 0 Å². The number of benzene rings is 1. The summed E-state index contributed by atoms with van der Waals surface area (Å²) < 4.78 is 7.35. The normalized spacial score (nSPS) is 15.2. The number of primary amides is 1. The standard InChI is InChI=1S/C16H19ClN4O2/c1-21-14(12-9-23-7-6-13(12)20-21)8-19-15(16(18)22)10-2-4-11(17)5-3-10/h2-5,15,19H,6-9H2,1H3,(H2,18,22). The van der Waals surface area contributed by atoms with Gasteiger partial charge in [-0.3, -0.25) is 14.8 Å². The van der Waals surface area contributed by atoms with Crippen LogP contribution in [0.3, 0.4) is 0 Å². The van der Waals surface area contributed by atoms with Crippen molar-refractivity contribution in [3.05, 3.63) is 51.8 Å². The Bertz CT molecular complexity index is 712. The van der Waals surface area contributed by atoms with Gasteiger partial charge < -0.3 is 10.5 Å². The predicted octanol–water partition coefficient (Wildman–Crippen LogP) is 1.46. The second kappa shape index (κ2) is 6.70. The highest BCUT2D eigenvalue weighted by molar-refractivity contribution is 6.30. The first-order chi connectivity index (χ1) is 11.1. The predicted molar refractivity (Wildman–Crippen MR) is 86.8 cm³/mol. The third-order valence-electron chi connectivity index (χ3n) is 4.05. The van der Waals surface area contributed by atoms with Crippen LogP contribution in [0.15, 0.2) is 24.3 Å². The van der Waals surface area contributed by atoms with Gasteiger partial charge in [-0.2, -0.15) is 5.10 Å². The fourth-order valence-corrected chi connectivity index (χ4v) is 2.96. The van der Waals surface area contributed by atoms with Gasteiger partial charge in [0.25, 0.3) is 0 Å². The van der Waals surface area contributed by atoms with Gasteiger partial charge in [0.05, 0.1) is 24.6 Å². The van der Waals surface area contributed by atoms with Gasteiger partial charge in [-0.15, -0.1) is 0 Å². The van der Waals surface area contributed by atoms with Crippen molar-refractivity contribution in [3.63, 3.8) is 0 Å². The molecule has 0 bridgehead atoms. The van der Waals surface area contributed by atoms with Crippen molar-refractivity contribution in [2.75, 3.05) is 6.61 Å². The Balaban J connectivity index is 1.79. The number of carbonyl (C=O) groups is 1. The second-order valence-corrected chi connectivity index (χ2v) is 6.00. The molecule has 7 heteroatoms. The van der Waals surface area contributed by atoms with E-state index in [2.05, 4.69) is 10.4 Å². The number of nitrogens with one attached hydrogen (secondary N) is 1. The topological polar surface area (TPSA) is 82.2 Å². The molecule has 0 fully saturated rings. The number of ether oxygens (including phenoxy) is 1. The molecule has 0 aliphatic carbocycles. The van der Waals surface area contributed by atoms with E-state index in [-0.39, 0.29) is 0 Å². The summed E-state index contributed by atoms with van der Waals surface area (Å²) in [4.78, 5) is 11.8. The van der Waals surface area contributed by atoms with Gasteiger partial charge in [0.15, 0.2) is 0 Å². The third-order valence-corrected chi connectivity index (χ3v) is 4.30. The summed E-state index contributed by atoms with van der Waals surface area (Å²) in [5.74, 6) is -0.431. The molecule has 1 aromatic heterocycles. The first-order valence-electron chi connectivity index (χ1n) is 7.46. The molecule has 1 aromatic carbocycles. The van der Waals surface area contributed by atoms with Gasteiger partial charge in [-0.1, -0.05) is 23.7 Å². The van der Waals surface area contributed by atoms with Crippen LogP contribution in [-0.2, 0) is 36.2 Å². The zero-order valence-electron chi connectivity index (χ0n) is 12.9. The lowest BCUT2D eigenvalue weighted by atomic mass is 10.1. The summed E-state index contributed by atoms with van der Waals surface area (Å²) in [7, 11) is 1.90. The maximum atomic E-state index is 11.8. The number of aryl methyl sites for hydroxylation is 1. The highest BCUT2D eigenvalue weighted by Crippen LogP contribution is 2.22. The smallest absolute Gasteiger partial charge is 0.239 e. The minimum Gasteiger partial charge on any atom is -0.376 e. The molecular weight excluding hydrogens is 316 g/mol. The summed E-state index contributed by atoms with van der Waals surface area (Å²) in [6.07, 6.45) is 0.819. The number of hydrogen-bond donors (Lipinski definition) is 2. The largest absolute Gasteiger partial charge is 0.376 e. The molecule has 1 amide bonds. The quantitative estimate of drug-likeness (QED) is 0.867. The van der Waals surface area contributed by atoms with E-state index in [0.29, 0.717) is 24.8 Å². The second-order valence-electron chi connectivity index (χ2n) is 5.57. The first-order valence-corrected chi connectivity index (χ1v) is 7.83. The molecular formula is C16H19ClN4O2. The highest BCUT2D eigenvalue weighted by Gasteiger charge is 2.22. The average molecular weight is 335 g/mol. The lowest BCUT2D eigenvalue weighted by molar-refractivity contribution is -0.120. The van der Waals surface area contributed by atoms with Crippen molar-refractivity contribution < 1.29 is 9.53 Å². The third kappa shape index (κ3) is 3.39. The van der Waals surface area contributed by atoms with Crippen LogP contribution >= 0.6 is 11.6 Å². The maximum absolute atomic E-state index is 11.8. The number of halogens is 1. The maximum Gasteiger partial charge on any atom is 0.239 e. The first kappa shape index (κ1) is 16.0. The molecule has 1 atom stereocenters. The molecule has 0 saturated carbocycles. The van der Waals surface area contributed by atoms with Crippen LogP contribution in [-0.4, -0.2) is 22.3 Å². The summed E-state index contributed by atoms with van der Waals surface area (Å²) in [6, 6.07) is 6.50. The fourth-order valence-electron chi connectivity index (χ4n) is 2.83. The van der Waals surface area contributed by atoms with E-state index in [1.807, 2.05) is 11.7 Å². The van der Waals surface area contributed by atoms with E-state index >= 15 is 0 Å². The highest BCUT2D eigenvalue weighted by atomic mass is 35.5. The molecule has 2 aromatic rings. The van der Waals surface area contributed by atoms with E-state index in [0.717, 1.165) is 28.9 Å². The minimum atomic E-state index is -0.581. The molecule has 2 heterocycles. The van der Waals surface area contributed by atoms with Crippen LogP contribution in [0.2, 0.25) is 5.02 Å².